The normalized spacial score (nSPS) is 14.5. The molecule has 0 aliphatic heterocycles. The number of esters is 1. The van der Waals surface area contributed by atoms with Crippen LogP contribution < -0.4 is 15.0 Å². The fourth-order valence-corrected chi connectivity index (χ4v) is 4.53. The number of carbonyl (C=O) groups excluding carboxylic acids is 3. The average molecular weight is 491 g/mol. The van der Waals surface area contributed by atoms with Crippen LogP contribution in [0.1, 0.15) is 64.6 Å². The zero-order chi connectivity index (χ0) is 25.5. The number of rotatable bonds is 8. The van der Waals surface area contributed by atoms with Crippen LogP contribution in [0.25, 0.3) is 0 Å². The molecule has 8 heteroatoms. The topological polar surface area (TPSA) is 98.1 Å². The third-order valence-corrected chi connectivity index (χ3v) is 6.38. The lowest BCUT2D eigenvalue weighted by atomic mass is 9.94. The Morgan fingerprint density at radius 2 is 1.72 bits per heavy atom. The predicted octanol–water partition coefficient (Wildman–Crippen LogP) is 4.91. The van der Waals surface area contributed by atoms with Crippen molar-refractivity contribution in [3.63, 3.8) is 0 Å². The summed E-state index contributed by atoms with van der Waals surface area (Å²) in [6.45, 7) is 0. The molecule has 1 unspecified atom stereocenters. The van der Waals surface area contributed by atoms with Crippen LogP contribution in [0.15, 0.2) is 71.3 Å². The highest BCUT2D eigenvalue weighted by atomic mass is 16.5. The van der Waals surface area contributed by atoms with Gasteiger partial charge in [0.2, 0.25) is 5.91 Å². The summed E-state index contributed by atoms with van der Waals surface area (Å²) >= 11 is 0. The van der Waals surface area contributed by atoms with E-state index in [1.54, 1.807) is 67.8 Å². The molecular weight excluding hydrogens is 460 g/mol. The van der Waals surface area contributed by atoms with E-state index in [9.17, 15) is 14.4 Å². The van der Waals surface area contributed by atoms with Gasteiger partial charge in [0.05, 0.1) is 26.0 Å². The first-order chi connectivity index (χ1) is 17.5. The minimum absolute atomic E-state index is 0.0432. The quantitative estimate of drug-likeness (QED) is 0.451. The zero-order valence-electron chi connectivity index (χ0n) is 20.4. The van der Waals surface area contributed by atoms with E-state index in [-0.39, 0.29) is 17.7 Å². The minimum atomic E-state index is -1.01. The summed E-state index contributed by atoms with van der Waals surface area (Å²) in [6.07, 6.45) is 6.47. The Hall–Kier alpha value is -4.07. The SMILES string of the molecule is COC(=O)c1ccc(N(C(=O)c2ccco2)C(C(=O)NC2CCCCC2)c2cccc(OC)c2)cc1. The standard InChI is InChI=1S/C28H30N2O6/c1-34-23-11-6-8-20(18-23)25(26(31)29-21-9-4-3-5-10-21)30(27(32)24-12-7-17-36-24)22-15-13-19(14-16-22)28(33)35-2/h6-8,11-18,21,25H,3-5,9-10H2,1-2H3,(H,29,31). The van der Waals surface area contributed by atoms with Crippen LogP contribution >= 0.6 is 0 Å². The van der Waals surface area contributed by atoms with E-state index < -0.39 is 17.9 Å². The first-order valence-corrected chi connectivity index (χ1v) is 12.0. The highest BCUT2D eigenvalue weighted by Crippen LogP contribution is 2.32. The van der Waals surface area contributed by atoms with E-state index in [0.29, 0.717) is 22.6 Å². The summed E-state index contributed by atoms with van der Waals surface area (Å²) in [7, 11) is 2.85. The lowest BCUT2D eigenvalue weighted by molar-refractivity contribution is -0.123. The molecule has 1 aliphatic carbocycles. The molecule has 0 spiro atoms. The number of hydrogen-bond acceptors (Lipinski definition) is 6. The van der Waals surface area contributed by atoms with Crippen LogP contribution in [0, 0.1) is 0 Å². The van der Waals surface area contributed by atoms with Crippen molar-refractivity contribution >= 4 is 23.5 Å². The molecule has 188 valence electrons. The number of ether oxygens (including phenoxy) is 2. The van der Waals surface area contributed by atoms with E-state index in [1.807, 2.05) is 0 Å². The van der Waals surface area contributed by atoms with Crippen LogP contribution in [0.4, 0.5) is 5.69 Å². The van der Waals surface area contributed by atoms with E-state index in [2.05, 4.69) is 5.32 Å². The van der Waals surface area contributed by atoms with Gasteiger partial charge in [-0.05, 0) is 66.9 Å². The molecule has 0 saturated heterocycles. The second-order valence-electron chi connectivity index (χ2n) is 8.71. The molecule has 1 saturated carbocycles. The molecule has 2 aromatic carbocycles. The van der Waals surface area contributed by atoms with Gasteiger partial charge in [0, 0.05) is 11.7 Å². The van der Waals surface area contributed by atoms with Crippen molar-refractivity contribution in [2.45, 2.75) is 44.2 Å². The maximum Gasteiger partial charge on any atom is 0.337 e. The lowest BCUT2D eigenvalue weighted by Crippen LogP contribution is -2.47. The van der Waals surface area contributed by atoms with Gasteiger partial charge < -0.3 is 19.2 Å². The van der Waals surface area contributed by atoms with Gasteiger partial charge in [0.15, 0.2) is 5.76 Å². The van der Waals surface area contributed by atoms with E-state index in [4.69, 9.17) is 13.9 Å². The Balaban J connectivity index is 1.80. The average Bonchev–Trinajstić information content (AvgIpc) is 3.47. The maximum absolute atomic E-state index is 13.9. The maximum atomic E-state index is 13.9. The molecule has 1 aromatic heterocycles. The van der Waals surface area contributed by atoms with Crippen molar-refractivity contribution in [3.05, 3.63) is 83.8 Å². The number of nitrogens with zero attached hydrogens (tertiary/aromatic N) is 1. The van der Waals surface area contributed by atoms with Gasteiger partial charge in [-0.25, -0.2) is 4.79 Å². The monoisotopic (exact) mass is 490 g/mol. The zero-order valence-corrected chi connectivity index (χ0v) is 20.4. The van der Waals surface area contributed by atoms with E-state index >= 15 is 0 Å². The summed E-state index contributed by atoms with van der Waals surface area (Å²) < 4.78 is 15.6. The van der Waals surface area contributed by atoms with Crippen LogP contribution in [0.5, 0.6) is 5.75 Å². The first kappa shape index (κ1) is 25.0. The molecule has 1 aliphatic rings. The van der Waals surface area contributed by atoms with E-state index in [1.165, 1.54) is 18.3 Å². The van der Waals surface area contributed by atoms with Gasteiger partial charge in [-0.3, -0.25) is 14.5 Å². The summed E-state index contributed by atoms with van der Waals surface area (Å²) in [4.78, 5) is 41.0. The van der Waals surface area contributed by atoms with Crippen molar-refractivity contribution in [2.75, 3.05) is 19.1 Å². The van der Waals surface area contributed by atoms with Crippen LogP contribution in [0.2, 0.25) is 0 Å². The second kappa shape index (κ2) is 11.6. The molecule has 1 heterocycles. The van der Waals surface area contributed by atoms with Gasteiger partial charge in [0.25, 0.3) is 5.91 Å². The third kappa shape index (κ3) is 5.59. The first-order valence-electron chi connectivity index (χ1n) is 12.0. The van der Waals surface area contributed by atoms with Gasteiger partial charge in [-0.2, -0.15) is 0 Å². The number of methoxy groups -OCH3 is 2. The Kier molecular flexibility index (Phi) is 8.05. The van der Waals surface area contributed by atoms with Crippen LogP contribution in [-0.4, -0.2) is 38.0 Å². The molecule has 36 heavy (non-hydrogen) atoms. The molecular formula is C28H30N2O6. The molecule has 1 N–H and O–H groups in total. The number of amides is 2. The molecule has 1 fully saturated rings. The molecule has 0 bridgehead atoms. The van der Waals surface area contributed by atoms with Crippen LogP contribution in [0.3, 0.4) is 0 Å². The number of hydrogen-bond donors (Lipinski definition) is 1. The van der Waals surface area contributed by atoms with Crippen molar-refractivity contribution in [2.24, 2.45) is 0 Å². The Bertz CT molecular complexity index is 1180. The number of carbonyl (C=O) groups is 3. The summed E-state index contributed by atoms with van der Waals surface area (Å²) in [5.74, 6) is -0.630. The largest absolute Gasteiger partial charge is 0.497 e. The molecule has 0 radical (unpaired) electrons. The predicted molar refractivity (Wildman–Crippen MR) is 134 cm³/mol. The fraction of sp³-hybridized carbons (Fsp3) is 0.321. The fourth-order valence-electron chi connectivity index (χ4n) is 4.53. The molecule has 4 rings (SSSR count). The molecule has 3 aromatic rings. The Labute approximate surface area is 210 Å². The van der Waals surface area contributed by atoms with Crippen molar-refractivity contribution in [3.8, 4) is 5.75 Å². The van der Waals surface area contributed by atoms with Gasteiger partial charge in [-0.15, -0.1) is 0 Å². The van der Waals surface area contributed by atoms with Crippen LogP contribution in [-0.2, 0) is 9.53 Å². The van der Waals surface area contributed by atoms with Crippen molar-refractivity contribution in [1.29, 1.82) is 0 Å². The molecule has 8 nitrogen and oxygen atoms in total. The lowest BCUT2D eigenvalue weighted by Gasteiger charge is -2.33. The number of furan rings is 1. The van der Waals surface area contributed by atoms with Gasteiger partial charge in [0.1, 0.15) is 11.8 Å². The molecule has 1 atom stereocenters. The second-order valence-corrected chi connectivity index (χ2v) is 8.71. The minimum Gasteiger partial charge on any atom is -0.497 e. The summed E-state index contributed by atoms with van der Waals surface area (Å²) in [6, 6.07) is 15.7. The van der Waals surface area contributed by atoms with Crippen molar-refractivity contribution in [1.82, 2.24) is 5.32 Å². The summed E-state index contributed by atoms with van der Waals surface area (Å²) in [5, 5.41) is 3.17. The molecule has 2 amide bonds. The van der Waals surface area contributed by atoms with Gasteiger partial charge >= 0.3 is 5.97 Å². The summed E-state index contributed by atoms with van der Waals surface area (Å²) in [5.41, 5.74) is 1.34. The highest BCUT2D eigenvalue weighted by Gasteiger charge is 2.36. The van der Waals surface area contributed by atoms with Gasteiger partial charge in [-0.1, -0.05) is 31.4 Å². The highest BCUT2D eigenvalue weighted by molar-refractivity contribution is 6.09. The smallest absolute Gasteiger partial charge is 0.337 e. The number of anilines is 1. The van der Waals surface area contributed by atoms with Crippen molar-refractivity contribution < 1.29 is 28.3 Å². The third-order valence-electron chi connectivity index (χ3n) is 6.38. The number of nitrogens with one attached hydrogen (secondary N) is 1. The van der Waals surface area contributed by atoms with E-state index in [0.717, 1.165) is 32.1 Å². The Morgan fingerprint density at radius 3 is 2.36 bits per heavy atom. The number of benzene rings is 2. The Morgan fingerprint density at radius 1 is 0.972 bits per heavy atom.